The normalized spacial score (nSPS) is 10.7. The highest BCUT2D eigenvalue weighted by molar-refractivity contribution is 6.09. The van der Waals surface area contributed by atoms with E-state index in [-0.39, 0.29) is 5.91 Å². The van der Waals surface area contributed by atoms with Gasteiger partial charge in [-0.2, -0.15) is 4.98 Å². The van der Waals surface area contributed by atoms with Gasteiger partial charge in [-0.05, 0) is 49.7 Å². The molecule has 0 saturated heterocycles. The molecule has 1 heterocycles. The summed E-state index contributed by atoms with van der Waals surface area (Å²) >= 11 is 0. The molecule has 0 fully saturated rings. The molecule has 0 saturated carbocycles. The molecule has 1 amide bonds. The van der Waals surface area contributed by atoms with Crippen molar-refractivity contribution in [3.63, 3.8) is 0 Å². The van der Waals surface area contributed by atoms with E-state index in [9.17, 15) is 4.79 Å². The van der Waals surface area contributed by atoms with Gasteiger partial charge in [0.2, 0.25) is 5.95 Å². The van der Waals surface area contributed by atoms with Crippen molar-refractivity contribution in [3.8, 4) is 5.75 Å². The van der Waals surface area contributed by atoms with Gasteiger partial charge in [-0.1, -0.05) is 48.0 Å². The number of aryl methyl sites for hydroxylation is 2. The van der Waals surface area contributed by atoms with Crippen LogP contribution in [-0.4, -0.2) is 35.6 Å². The number of ether oxygens (including phenoxy) is 1. The van der Waals surface area contributed by atoms with E-state index in [4.69, 9.17) is 4.74 Å². The second-order valence-corrected chi connectivity index (χ2v) is 7.98. The molecule has 7 heteroatoms. The van der Waals surface area contributed by atoms with Crippen molar-refractivity contribution in [2.75, 3.05) is 30.3 Å². The minimum Gasteiger partial charge on any atom is -0.493 e. The zero-order valence-corrected chi connectivity index (χ0v) is 19.7. The van der Waals surface area contributed by atoms with Crippen molar-refractivity contribution in [3.05, 3.63) is 83.6 Å². The van der Waals surface area contributed by atoms with E-state index in [1.807, 2.05) is 80.6 Å². The number of hydrogen-bond donors (Lipinski definition) is 3. The summed E-state index contributed by atoms with van der Waals surface area (Å²) < 4.78 is 5.72. The topological polar surface area (TPSA) is 88.2 Å². The molecule has 0 unspecified atom stereocenters. The number of nitrogens with zero attached hydrogens (tertiary/aromatic N) is 2. The lowest BCUT2D eigenvalue weighted by Gasteiger charge is -2.14. The van der Waals surface area contributed by atoms with Gasteiger partial charge in [0.05, 0.1) is 12.2 Å². The molecule has 34 heavy (non-hydrogen) atoms. The van der Waals surface area contributed by atoms with Crippen LogP contribution < -0.4 is 20.7 Å². The zero-order valence-electron chi connectivity index (χ0n) is 19.7. The van der Waals surface area contributed by atoms with Gasteiger partial charge < -0.3 is 20.7 Å². The molecule has 0 radical (unpaired) electrons. The number of amides is 1. The van der Waals surface area contributed by atoms with Crippen LogP contribution in [0.5, 0.6) is 5.75 Å². The monoisotopic (exact) mass is 455 g/mol. The Labute approximate surface area is 199 Å². The summed E-state index contributed by atoms with van der Waals surface area (Å²) in [4.78, 5) is 22.0. The van der Waals surface area contributed by atoms with E-state index in [1.165, 1.54) is 5.56 Å². The highest BCUT2D eigenvalue weighted by Gasteiger charge is 2.16. The zero-order chi connectivity index (χ0) is 23.9. The maximum absolute atomic E-state index is 13.0. The maximum Gasteiger partial charge on any atom is 0.255 e. The number of rotatable bonds is 9. The first kappa shape index (κ1) is 23.0. The van der Waals surface area contributed by atoms with Gasteiger partial charge in [0.1, 0.15) is 11.6 Å². The van der Waals surface area contributed by atoms with Crippen molar-refractivity contribution in [1.29, 1.82) is 0 Å². The number of fused-ring (bicyclic) bond motifs is 1. The van der Waals surface area contributed by atoms with Gasteiger partial charge in [0.15, 0.2) is 0 Å². The van der Waals surface area contributed by atoms with Crippen LogP contribution in [0.4, 0.5) is 17.5 Å². The molecule has 0 bridgehead atoms. The van der Waals surface area contributed by atoms with E-state index < -0.39 is 0 Å². The first-order chi connectivity index (χ1) is 16.5. The fourth-order valence-electron chi connectivity index (χ4n) is 3.70. The quantitative estimate of drug-likeness (QED) is 0.300. The number of anilines is 3. The van der Waals surface area contributed by atoms with Gasteiger partial charge in [0, 0.05) is 30.5 Å². The molecule has 0 atom stereocenters. The standard InChI is InChI=1S/C27H29N5O2/c1-4-34-23-14-11-20-7-5-6-8-22(20)25(23)26(33)28-15-16-29-27-30-19(3)17-24(32-27)31-21-12-9-18(2)10-13-21/h5-14,17H,4,15-16H2,1-3H3,(H,28,33)(H2,29,30,31,32). The third-order valence-electron chi connectivity index (χ3n) is 5.29. The SMILES string of the molecule is CCOc1ccc2ccccc2c1C(=O)NCCNc1nc(C)cc(Nc2ccc(C)cc2)n1. The van der Waals surface area contributed by atoms with Crippen LogP contribution in [0.25, 0.3) is 10.8 Å². The molecule has 4 aromatic rings. The average Bonchev–Trinajstić information content (AvgIpc) is 2.83. The van der Waals surface area contributed by atoms with Crippen LogP contribution in [0, 0.1) is 13.8 Å². The summed E-state index contributed by atoms with van der Waals surface area (Å²) in [5.41, 5.74) is 3.55. The lowest BCUT2D eigenvalue weighted by Crippen LogP contribution is -2.29. The molecule has 3 N–H and O–H groups in total. The molecular weight excluding hydrogens is 426 g/mol. The Morgan fingerprint density at radius 1 is 0.941 bits per heavy atom. The van der Waals surface area contributed by atoms with Crippen molar-refractivity contribution < 1.29 is 9.53 Å². The number of hydrogen-bond acceptors (Lipinski definition) is 6. The Morgan fingerprint density at radius 3 is 2.53 bits per heavy atom. The minimum atomic E-state index is -0.172. The fraction of sp³-hybridized carbons (Fsp3) is 0.222. The molecule has 3 aromatic carbocycles. The van der Waals surface area contributed by atoms with Crippen LogP contribution in [0.2, 0.25) is 0 Å². The lowest BCUT2D eigenvalue weighted by atomic mass is 10.0. The van der Waals surface area contributed by atoms with Gasteiger partial charge >= 0.3 is 0 Å². The number of aromatic nitrogens is 2. The van der Waals surface area contributed by atoms with Crippen LogP contribution >= 0.6 is 0 Å². The fourth-order valence-corrected chi connectivity index (χ4v) is 3.70. The predicted molar refractivity (Wildman–Crippen MR) is 137 cm³/mol. The summed E-state index contributed by atoms with van der Waals surface area (Å²) in [6.45, 7) is 7.26. The van der Waals surface area contributed by atoms with Crippen LogP contribution in [-0.2, 0) is 0 Å². The molecule has 0 aliphatic carbocycles. The van der Waals surface area contributed by atoms with Gasteiger partial charge in [-0.15, -0.1) is 0 Å². The first-order valence-electron chi connectivity index (χ1n) is 11.4. The summed E-state index contributed by atoms with van der Waals surface area (Å²) in [7, 11) is 0. The molecule has 1 aromatic heterocycles. The van der Waals surface area contributed by atoms with Crippen LogP contribution in [0.3, 0.4) is 0 Å². The molecule has 4 rings (SSSR count). The highest BCUT2D eigenvalue weighted by Crippen LogP contribution is 2.28. The van der Waals surface area contributed by atoms with Crippen molar-refractivity contribution in [2.24, 2.45) is 0 Å². The van der Waals surface area contributed by atoms with Gasteiger partial charge in [-0.25, -0.2) is 4.98 Å². The Hall–Kier alpha value is -4.13. The molecule has 0 spiro atoms. The smallest absolute Gasteiger partial charge is 0.255 e. The van der Waals surface area contributed by atoms with E-state index in [0.717, 1.165) is 22.2 Å². The summed E-state index contributed by atoms with van der Waals surface area (Å²) in [6, 6.07) is 21.6. The molecule has 0 aliphatic rings. The van der Waals surface area contributed by atoms with Crippen molar-refractivity contribution in [2.45, 2.75) is 20.8 Å². The summed E-state index contributed by atoms with van der Waals surface area (Å²) in [6.07, 6.45) is 0. The average molecular weight is 456 g/mol. The van der Waals surface area contributed by atoms with Crippen LogP contribution in [0.1, 0.15) is 28.5 Å². The Morgan fingerprint density at radius 2 is 1.74 bits per heavy atom. The van der Waals surface area contributed by atoms with E-state index in [1.54, 1.807) is 0 Å². The summed E-state index contributed by atoms with van der Waals surface area (Å²) in [5, 5.41) is 11.3. The molecule has 7 nitrogen and oxygen atoms in total. The summed E-state index contributed by atoms with van der Waals surface area (Å²) in [5.74, 6) is 1.62. The Balaban J connectivity index is 1.39. The number of nitrogens with one attached hydrogen (secondary N) is 3. The Bertz CT molecular complexity index is 1290. The first-order valence-corrected chi connectivity index (χ1v) is 11.4. The van der Waals surface area contributed by atoms with Gasteiger partial charge in [0.25, 0.3) is 5.91 Å². The third-order valence-corrected chi connectivity index (χ3v) is 5.29. The highest BCUT2D eigenvalue weighted by atomic mass is 16.5. The number of benzene rings is 3. The van der Waals surface area contributed by atoms with E-state index >= 15 is 0 Å². The van der Waals surface area contributed by atoms with E-state index in [0.29, 0.717) is 42.8 Å². The minimum absolute atomic E-state index is 0.172. The maximum atomic E-state index is 13.0. The van der Waals surface area contributed by atoms with Crippen molar-refractivity contribution in [1.82, 2.24) is 15.3 Å². The molecule has 0 aliphatic heterocycles. The predicted octanol–water partition coefficient (Wildman–Crippen LogP) is 5.23. The second kappa shape index (κ2) is 10.7. The number of carbonyl (C=O) groups is 1. The van der Waals surface area contributed by atoms with Gasteiger partial charge in [-0.3, -0.25) is 4.79 Å². The largest absolute Gasteiger partial charge is 0.493 e. The van der Waals surface area contributed by atoms with Crippen LogP contribution in [0.15, 0.2) is 66.7 Å². The third kappa shape index (κ3) is 5.61. The number of carbonyl (C=O) groups excluding carboxylic acids is 1. The lowest BCUT2D eigenvalue weighted by molar-refractivity contribution is 0.0953. The Kier molecular flexibility index (Phi) is 7.22. The van der Waals surface area contributed by atoms with E-state index in [2.05, 4.69) is 32.8 Å². The van der Waals surface area contributed by atoms with Crippen molar-refractivity contribution >= 4 is 34.1 Å². The molecule has 174 valence electrons. The second-order valence-electron chi connectivity index (χ2n) is 7.98. The molecular formula is C27H29N5O2.